The van der Waals surface area contributed by atoms with Gasteiger partial charge < -0.3 is 14.7 Å². The van der Waals surface area contributed by atoms with Crippen LogP contribution in [-0.2, 0) is 13.6 Å². The van der Waals surface area contributed by atoms with Crippen molar-refractivity contribution in [2.45, 2.75) is 13.5 Å². The number of benzene rings is 1. The second-order valence-electron chi connectivity index (χ2n) is 4.36. The van der Waals surface area contributed by atoms with Crippen LogP contribution in [-0.4, -0.2) is 9.55 Å². The van der Waals surface area contributed by atoms with Gasteiger partial charge in [-0.15, -0.1) is 0 Å². The van der Waals surface area contributed by atoms with Crippen LogP contribution in [0.25, 0.3) is 22.2 Å². The molecular weight excluding hydrogens is 226 g/mol. The van der Waals surface area contributed by atoms with Crippen LogP contribution in [0.5, 0.6) is 0 Å². The lowest BCUT2D eigenvalue weighted by atomic mass is 10.1. The second kappa shape index (κ2) is 3.99. The van der Waals surface area contributed by atoms with Crippen LogP contribution in [0.4, 0.5) is 0 Å². The molecule has 1 aromatic carbocycles. The van der Waals surface area contributed by atoms with Crippen molar-refractivity contribution in [3.63, 3.8) is 0 Å². The minimum atomic E-state index is 0.464. The van der Waals surface area contributed by atoms with E-state index in [1.165, 1.54) is 0 Å². The molecule has 0 fully saturated rings. The molecule has 0 spiro atoms. The zero-order valence-electron chi connectivity index (χ0n) is 10.5. The summed E-state index contributed by atoms with van der Waals surface area (Å²) < 4.78 is 7.59. The number of imidazole rings is 1. The summed E-state index contributed by atoms with van der Waals surface area (Å²) in [6, 6.07) is 7.96. The van der Waals surface area contributed by atoms with Crippen molar-refractivity contribution < 1.29 is 4.42 Å². The highest BCUT2D eigenvalue weighted by Crippen LogP contribution is 2.32. The van der Waals surface area contributed by atoms with E-state index in [1.807, 2.05) is 42.8 Å². The van der Waals surface area contributed by atoms with E-state index in [0.717, 1.165) is 33.7 Å². The van der Waals surface area contributed by atoms with Gasteiger partial charge in [0.15, 0.2) is 0 Å². The predicted octanol–water partition coefficient (Wildman–Crippen LogP) is 2.60. The van der Waals surface area contributed by atoms with Crippen LogP contribution in [0, 0.1) is 6.92 Å². The zero-order chi connectivity index (χ0) is 12.7. The SMILES string of the molecule is Cc1nc(-c2coc3ccccc23)c(CN)n1C. The Labute approximate surface area is 105 Å². The van der Waals surface area contributed by atoms with E-state index in [4.69, 9.17) is 10.2 Å². The largest absolute Gasteiger partial charge is 0.464 e. The van der Waals surface area contributed by atoms with Crippen LogP contribution in [0.15, 0.2) is 34.9 Å². The number of fused-ring (bicyclic) bond motifs is 1. The quantitative estimate of drug-likeness (QED) is 0.750. The van der Waals surface area contributed by atoms with Gasteiger partial charge >= 0.3 is 0 Å². The lowest BCUT2D eigenvalue weighted by molar-refractivity contribution is 0.616. The number of para-hydroxylation sites is 1. The first kappa shape index (κ1) is 11.0. The Balaban J connectivity index is 2.29. The standard InChI is InChI=1S/C14H15N3O/c1-9-16-14(12(7-15)17(9)2)11-8-18-13-6-4-3-5-10(11)13/h3-6,8H,7,15H2,1-2H3. The van der Waals surface area contributed by atoms with Crippen molar-refractivity contribution >= 4 is 11.0 Å². The Morgan fingerprint density at radius 2 is 2.11 bits per heavy atom. The Morgan fingerprint density at radius 1 is 1.33 bits per heavy atom. The number of nitrogens with two attached hydrogens (primary N) is 1. The van der Waals surface area contributed by atoms with Crippen LogP contribution >= 0.6 is 0 Å². The van der Waals surface area contributed by atoms with Crippen LogP contribution in [0.3, 0.4) is 0 Å². The molecule has 92 valence electrons. The number of aromatic nitrogens is 2. The highest BCUT2D eigenvalue weighted by molar-refractivity contribution is 5.93. The van der Waals surface area contributed by atoms with Crippen LogP contribution in [0.2, 0.25) is 0 Å². The van der Waals surface area contributed by atoms with E-state index < -0.39 is 0 Å². The predicted molar refractivity (Wildman–Crippen MR) is 71.0 cm³/mol. The topological polar surface area (TPSA) is 57.0 Å². The van der Waals surface area contributed by atoms with E-state index in [9.17, 15) is 0 Å². The molecule has 3 rings (SSSR count). The average molecular weight is 241 g/mol. The van der Waals surface area contributed by atoms with Gasteiger partial charge in [0.05, 0.1) is 11.4 Å². The molecule has 2 heterocycles. The maximum atomic E-state index is 5.82. The summed E-state index contributed by atoms with van der Waals surface area (Å²) in [5.41, 5.74) is 9.65. The monoisotopic (exact) mass is 241 g/mol. The Kier molecular flexibility index (Phi) is 2.45. The van der Waals surface area contributed by atoms with Crippen molar-refractivity contribution in [3.05, 3.63) is 42.0 Å². The third-order valence-corrected chi connectivity index (χ3v) is 3.37. The highest BCUT2D eigenvalue weighted by atomic mass is 16.3. The van der Waals surface area contributed by atoms with E-state index in [0.29, 0.717) is 6.54 Å². The molecule has 18 heavy (non-hydrogen) atoms. The highest BCUT2D eigenvalue weighted by Gasteiger charge is 2.16. The second-order valence-corrected chi connectivity index (χ2v) is 4.36. The van der Waals surface area contributed by atoms with Gasteiger partial charge in [-0.25, -0.2) is 4.98 Å². The normalized spacial score (nSPS) is 11.3. The van der Waals surface area contributed by atoms with E-state index in [1.54, 1.807) is 6.26 Å². The van der Waals surface area contributed by atoms with Gasteiger partial charge in [0.2, 0.25) is 0 Å². The van der Waals surface area contributed by atoms with Gasteiger partial charge in [-0.2, -0.15) is 0 Å². The molecule has 4 heteroatoms. The molecule has 0 amide bonds. The molecular formula is C14H15N3O. The maximum absolute atomic E-state index is 5.82. The minimum Gasteiger partial charge on any atom is -0.464 e. The molecule has 2 aromatic heterocycles. The summed E-state index contributed by atoms with van der Waals surface area (Å²) in [7, 11) is 1.98. The number of rotatable bonds is 2. The summed E-state index contributed by atoms with van der Waals surface area (Å²) in [6.07, 6.45) is 1.76. The molecule has 0 unspecified atom stereocenters. The van der Waals surface area contributed by atoms with E-state index in [-0.39, 0.29) is 0 Å². The summed E-state index contributed by atoms with van der Waals surface area (Å²) >= 11 is 0. The molecule has 3 aromatic rings. The van der Waals surface area contributed by atoms with E-state index >= 15 is 0 Å². The number of furan rings is 1. The number of hydrogen-bond donors (Lipinski definition) is 1. The van der Waals surface area contributed by atoms with Crippen molar-refractivity contribution in [2.24, 2.45) is 12.8 Å². The molecule has 4 nitrogen and oxygen atoms in total. The molecule has 0 saturated carbocycles. The fraction of sp³-hybridized carbons (Fsp3) is 0.214. The van der Waals surface area contributed by atoms with Crippen LogP contribution < -0.4 is 5.73 Å². The fourth-order valence-electron chi connectivity index (χ4n) is 2.27. The zero-order valence-corrected chi connectivity index (χ0v) is 10.5. The molecule has 0 aliphatic heterocycles. The van der Waals surface area contributed by atoms with Gasteiger partial charge in [0, 0.05) is 24.5 Å². The smallest absolute Gasteiger partial charge is 0.134 e. The summed E-state index contributed by atoms with van der Waals surface area (Å²) in [6.45, 7) is 2.44. The summed E-state index contributed by atoms with van der Waals surface area (Å²) in [5.74, 6) is 0.954. The molecule has 0 atom stereocenters. The Hall–Kier alpha value is -2.07. The third-order valence-electron chi connectivity index (χ3n) is 3.37. The number of hydrogen-bond acceptors (Lipinski definition) is 3. The average Bonchev–Trinajstić information content (AvgIpc) is 2.92. The van der Waals surface area contributed by atoms with Crippen molar-refractivity contribution in [2.75, 3.05) is 0 Å². The number of aryl methyl sites for hydroxylation is 1. The van der Waals surface area contributed by atoms with Crippen LogP contribution in [0.1, 0.15) is 11.5 Å². The van der Waals surface area contributed by atoms with Crippen molar-refractivity contribution in [1.29, 1.82) is 0 Å². The van der Waals surface area contributed by atoms with Gasteiger partial charge in [-0.1, -0.05) is 18.2 Å². The van der Waals surface area contributed by atoms with Crippen molar-refractivity contribution in [1.82, 2.24) is 9.55 Å². The Bertz CT molecular complexity index is 709. The summed E-state index contributed by atoms with van der Waals surface area (Å²) in [5, 5.41) is 1.07. The van der Waals surface area contributed by atoms with Gasteiger partial charge in [0.1, 0.15) is 17.7 Å². The van der Waals surface area contributed by atoms with E-state index in [2.05, 4.69) is 4.98 Å². The molecule has 0 aliphatic carbocycles. The van der Waals surface area contributed by atoms with Gasteiger partial charge in [-0.05, 0) is 13.0 Å². The van der Waals surface area contributed by atoms with Gasteiger partial charge in [-0.3, -0.25) is 0 Å². The molecule has 0 aliphatic rings. The maximum Gasteiger partial charge on any atom is 0.134 e. The first-order valence-corrected chi connectivity index (χ1v) is 5.91. The minimum absolute atomic E-state index is 0.464. The molecule has 0 radical (unpaired) electrons. The molecule has 0 saturated heterocycles. The fourth-order valence-corrected chi connectivity index (χ4v) is 2.27. The molecule has 0 bridgehead atoms. The first-order valence-electron chi connectivity index (χ1n) is 5.91. The van der Waals surface area contributed by atoms with Gasteiger partial charge in [0.25, 0.3) is 0 Å². The third kappa shape index (κ3) is 1.46. The summed E-state index contributed by atoms with van der Waals surface area (Å²) in [4.78, 5) is 4.60. The lowest BCUT2D eigenvalue weighted by Crippen LogP contribution is -2.05. The lowest BCUT2D eigenvalue weighted by Gasteiger charge is -2.02. The molecule has 2 N–H and O–H groups in total. The number of nitrogens with zero attached hydrogens (tertiary/aromatic N) is 2. The Morgan fingerprint density at radius 3 is 2.89 bits per heavy atom. The van der Waals surface area contributed by atoms with Crippen molar-refractivity contribution in [3.8, 4) is 11.3 Å². The first-order chi connectivity index (χ1) is 8.72.